The number of carbonyl (C=O) groups excluding carboxylic acids is 2. The van der Waals surface area contributed by atoms with E-state index in [0.717, 1.165) is 0 Å². The number of rotatable bonds is 5. The van der Waals surface area contributed by atoms with E-state index in [9.17, 15) is 9.59 Å². The Morgan fingerprint density at radius 1 is 1.73 bits per heavy atom. The third-order valence-electron chi connectivity index (χ3n) is 0.996. The Hall–Kier alpha value is -1.41. The average molecular weight is 154 g/mol. The van der Waals surface area contributed by atoms with E-state index in [4.69, 9.17) is 0 Å². The predicted octanol–water partition coefficient (Wildman–Crippen LogP) is 0.0145. The van der Waals surface area contributed by atoms with Crippen molar-refractivity contribution < 1.29 is 9.59 Å². The van der Waals surface area contributed by atoms with Crippen molar-refractivity contribution in [2.45, 2.75) is 6.42 Å². The molecule has 4 nitrogen and oxygen atoms in total. The van der Waals surface area contributed by atoms with Crippen LogP contribution in [-0.2, 0) is 9.59 Å². The Kier molecular flexibility index (Phi) is 5.85. The normalized spacial score (nSPS) is 8.00. The van der Waals surface area contributed by atoms with Crippen molar-refractivity contribution in [1.82, 2.24) is 5.32 Å². The van der Waals surface area contributed by atoms with Crippen LogP contribution in [0.1, 0.15) is 6.42 Å². The lowest BCUT2D eigenvalue weighted by atomic mass is 10.4. The summed E-state index contributed by atoms with van der Waals surface area (Å²) in [4.78, 5) is 23.4. The largest absolute Gasteiger partial charge is 0.353 e. The van der Waals surface area contributed by atoms with Gasteiger partial charge in [-0.2, -0.15) is 0 Å². The zero-order chi connectivity index (χ0) is 8.53. The summed E-state index contributed by atoms with van der Waals surface area (Å²) in [6, 6.07) is 0. The zero-order valence-electron chi connectivity index (χ0n) is 6.17. The van der Waals surface area contributed by atoms with Crippen molar-refractivity contribution in [3.8, 4) is 0 Å². The van der Waals surface area contributed by atoms with Crippen molar-refractivity contribution in [2.75, 3.05) is 13.1 Å². The van der Waals surface area contributed by atoms with Gasteiger partial charge in [-0.3, -0.25) is 4.79 Å². The number of nitrogens with one attached hydrogen (secondary N) is 1. The molecule has 0 rings (SSSR count). The van der Waals surface area contributed by atoms with Gasteiger partial charge in [-0.15, -0.1) is 0 Å². The second-order valence-electron chi connectivity index (χ2n) is 1.82. The molecule has 60 valence electrons. The number of isocyanates is 1. The van der Waals surface area contributed by atoms with Crippen molar-refractivity contribution in [1.29, 1.82) is 0 Å². The summed E-state index contributed by atoms with van der Waals surface area (Å²) in [5.41, 5.74) is 0. The van der Waals surface area contributed by atoms with Crippen LogP contribution < -0.4 is 5.32 Å². The summed E-state index contributed by atoms with van der Waals surface area (Å²) in [6.45, 7) is 4.19. The van der Waals surface area contributed by atoms with Crippen molar-refractivity contribution in [3.63, 3.8) is 0 Å². The number of aliphatic imine (C=N–C) groups is 1. The van der Waals surface area contributed by atoms with E-state index in [1.54, 1.807) is 0 Å². The Bertz CT molecular complexity index is 183. The molecule has 0 unspecified atom stereocenters. The predicted molar refractivity (Wildman–Crippen MR) is 40.8 cm³/mol. The second-order valence-corrected chi connectivity index (χ2v) is 1.82. The van der Waals surface area contributed by atoms with Crippen LogP contribution >= 0.6 is 0 Å². The van der Waals surface area contributed by atoms with Crippen LogP contribution in [0.25, 0.3) is 0 Å². The van der Waals surface area contributed by atoms with Crippen molar-refractivity contribution in [3.05, 3.63) is 12.7 Å². The fourth-order valence-corrected chi connectivity index (χ4v) is 0.488. The van der Waals surface area contributed by atoms with Crippen LogP contribution in [-0.4, -0.2) is 25.1 Å². The molecule has 0 aliphatic rings. The molecular formula is C7H10N2O2. The summed E-state index contributed by atoms with van der Waals surface area (Å²) in [7, 11) is 0. The van der Waals surface area contributed by atoms with Crippen LogP contribution in [0.2, 0.25) is 0 Å². The summed E-state index contributed by atoms with van der Waals surface area (Å²) in [5, 5.41) is 2.54. The minimum absolute atomic E-state index is 0.208. The van der Waals surface area contributed by atoms with Gasteiger partial charge < -0.3 is 5.32 Å². The molecule has 0 atom stereocenters. The number of nitrogens with zero attached hydrogens (tertiary/aromatic N) is 1. The topological polar surface area (TPSA) is 58.5 Å². The van der Waals surface area contributed by atoms with E-state index in [-0.39, 0.29) is 5.91 Å². The molecule has 0 aliphatic heterocycles. The second kappa shape index (κ2) is 6.71. The van der Waals surface area contributed by atoms with E-state index in [2.05, 4.69) is 16.9 Å². The Morgan fingerprint density at radius 3 is 3.00 bits per heavy atom. The highest BCUT2D eigenvalue weighted by atomic mass is 16.1. The molecule has 0 spiro atoms. The van der Waals surface area contributed by atoms with Gasteiger partial charge in [-0.1, -0.05) is 6.58 Å². The molecule has 4 heteroatoms. The van der Waals surface area contributed by atoms with Crippen LogP contribution in [0.4, 0.5) is 0 Å². The highest BCUT2D eigenvalue weighted by Crippen LogP contribution is 1.77. The van der Waals surface area contributed by atoms with Gasteiger partial charge in [0.2, 0.25) is 12.0 Å². The molecule has 1 N–H and O–H groups in total. The first kappa shape index (κ1) is 9.59. The van der Waals surface area contributed by atoms with Gasteiger partial charge in [-0.25, -0.2) is 9.79 Å². The van der Waals surface area contributed by atoms with Crippen LogP contribution in [0.3, 0.4) is 0 Å². The van der Waals surface area contributed by atoms with Crippen LogP contribution in [0, 0.1) is 0 Å². The van der Waals surface area contributed by atoms with Crippen LogP contribution in [0.5, 0.6) is 0 Å². The third kappa shape index (κ3) is 6.48. The van der Waals surface area contributed by atoms with Gasteiger partial charge in [0.15, 0.2) is 0 Å². The Morgan fingerprint density at radius 2 is 2.45 bits per heavy atom. The molecule has 0 aliphatic carbocycles. The number of carbonyl (C=O) groups is 1. The average Bonchev–Trinajstić information content (AvgIpc) is 2.04. The van der Waals surface area contributed by atoms with E-state index < -0.39 is 0 Å². The summed E-state index contributed by atoms with van der Waals surface area (Å²) >= 11 is 0. The van der Waals surface area contributed by atoms with E-state index in [0.29, 0.717) is 19.5 Å². The molecule has 0 aromatic carbocycles. The fraction of sp³-hybridized carbons (Fsp3) is 0.429. The molecule has 11 heavy (non-hydrogen) atoms. The molecule has 0 bridgehead atoms. The summed E-state index contributed by atoms with van der Waals surface area (Å²) in [6.07, 6.45) is 3.26. The first-order valence-corrected chi connectivity index (χ1v) is 3.25. The molecular weight excluding hydrogens is 144 g/mol. The van der Waals surface area contributed by atoms with Crippen LogP contribution in [0.15, 0.2) is 17.6 Å². The molecule has 0 fully saturated rings. The molecule has 0 radical (unpaired) electrons. The SMILES string of the molecule is C=CC(=O)NCCCN=C=O. The van der Waals surface area contributed by atoms with Crippen molar-refractivity contribution >= 4 is 12.0 Å². The zero-order valence-corrected chi connectivity index (χ0v) is 6.17. The number of amides is 1. The molecule has 0 aromatic heterocycles. The van der Waals surface area contributed by atoms with Gasteiger partial charge in [0.1, 0.15) is 0 Å². The third-order valence-corrected chi connectivity index (χ3v) is 0.996. The van der Waals surface area contributed by atoms with E-state index in [1.807, 2.05) is 0 Å². The lowest BCUT2D eigenvalue weighted by Crippen LogP contribution is -2.22. The first-order chi connectivity index (χ1) is 5.31. The first-order valence-electron chi connectivity index (χ1n) is 3.25. The van der Waals surface area contributed by atoms with Gasteiger partial charge in [-0.05, 0) is 12.5 Å². The highest BCUT2D eigenvalue weighted by Gasteiger charge is 1.90. The maximum Gasteiger partial charge on any atom is 0.243 e. The number of hydrogen-bond acceptors (Lipinski definition) is 3. The summed E-state index contributed by atoms with van der Waals surface area (Å²) < 4.78 is 0. The minimum Gasteiger partial charge on any atom is -0.353 e. The van der Waals surface area contributed by atoms with Gasteiger partial charge in [0.25, 0.3) is 0 Å². The molecule has 0 heterocycles. The van der Waals surface area contributed by atoms with E-state index in [1.165, 1.54) is 12.2 Å². The lowest BCUT2D eigenvalue weighted by molar-refractivity contribution is -0.116. The molecule has 0 saturated heterocycles. The summed E-state index contributed by atoms with van der Waals surface area (Å²) in [5.74, 6) is -0.208. The Balaban J connectivity index is 3.20. The smallest absolute Gasteiger partial charge is 0.243 e. The maximum atomic E-state index is 10.5. The molecule has 1 amide bonds. The van der Waals surface area contributed by atoms with E-state index >= 15 is 0 Å². The lowest BCUT2D eigenvalue weighted by Gasteiger charge is -1.97. The highest BCUT2D eigenvalue weighted by molar-refractivity contribution is 5.86. The van der Waals surface area contributed by atoms with Crippen molar-refractivity contribution in [2.24, 2.45) is 4.99 Å². The monoisotopic (exact) mass is 154 g/mol. The molecule has 0 saturated carbocycles. The molecule has 0 aromatic rings. The van der Waals surface area contributed by atoms with Gasteiger partial charge in [0, 0.05) is 6.54 Å². The van der Waals surface area contributed by atoms with Gasteiger partial charge in [0.05, 0.1) is 6.54 Å². The fourth-order valence-electron chi connectivity index (χ4n) is 0.488. The maximum absolute atomic E-state index is 10.5. The quantitative estimate of drug-likeness (QED) is 0.262. The Labute approximate surface area is 65.0 Å². The van der Waals surface area contributed by atoms with Gasteiger partial charge >= 0.3 is 0 Å². The standard InChI is InChI=1S/C7H10N2O2/c1-2-7(11)9-5-3-4-8-6-10/h2H,1,3-5H2,(H,9,11). The minimum atomic E-state index is -0.208. The number of hydrogen-bond donors (Lipinski definition) is 1.